The zero-order valence-electron chi connectivity index (χ0n) is 11.5. The molecule has 4 nitrogen and oxygen atoms in total. The van der Waals surface area contributed by atoms with Gasteiger partial charge in [-0.2, -0.15) is 0 Å². The number of pyridine rings is 1. The first-order valence-corrected chi connectivity index (χ1v) is 6.82. The summed E-state index contributed by atoms with van der Waals surface area (Å²) in [5.74, 6) is 0. The number of aromatic nitrogens is 1. The Bertz CT molecular complexity index is 363. The minimum absolute atomic E-state index is 0.707. The Balaban J connectivity index is 1.81. The van der Waals surface area contributed by atoms with Crippen molar-refractivity contribution in [3.63, 3.8) is 0 Å². The van der Waals surface area contributed by atoms with Gasteiger partial charge in [-0.25, -0.2) is 0 Å². The van der Waals surface area contributed by atoms with Gasteiger partial charge in [0.15, 0.2) is 0 Å². The SMILES string of the molecule is CCC1CN(CCc2ccc(N)cn2)CCN1C. The molecular formula is C14H24N4. The molecule has 0 saturated carbocycles. The Morgan fingerprint density at radius 2 is 2.22 bits per heavy atom. The van der Waals surface area contributed by atoms with Gasteiger partial charge >= 0.3 is 0 Å². The molecule has 0 aliphatic carbocycles. The second-order valence-corrected chi connectivity index (χ2v) is 5.18. The van der Waals surface area contributed by atoms with Crippen molar-refractivity contribution in [1.82, 2.24) is 14.8 Å². The van der Waals surface area contributed by atoms with E-state index in [1.165, 1.54) is 26.1 Å². The van der Waals surface area contributed by atoms with E-state index < -0.39 is 0 Å². The maximum absolute atomic E-state index is 5.64. The van der Waals surface area contributed by atoms with Gasteiger partial charge in [-0.05, 0) is 25.6 Å². The third kappa shape index (κ3) is 3.43. The minimum atomic E-state index is 0.707. The average Bonchev–Trinajstić information content (AvgIpc) is 2.39. The molecule has 1 aromatic heterocycles. The first-order chi connectivity index (χ1) is 8.69. The Labute approximate surface area is 110 Å². The molecule has 0 bridgehead atoms. The fraction of sp³-hybridized carbons (Fsp3) is 0.643. The highest BCUT2D eigenvalue weighted by Gasteiger charge is 2.22. The average molecular weight is 248 g/mol. The molecule has 1 atom stereocenters. The number of nitrogen functional groups attached to an aromatic ring is 1. The van der Waals surface area contributed by atoms with E-state index in [-0.39, 0.29) is 0 Å². The van der Waals surface area contributed by atoms with Crippen molar-refractivity contribution in [3.05, 3.63) is 24.0 Å². The highest BCUT2D eigenvalue weighted by atomic mass is 15.3. The van der Waals surface area contributed by atoms with Crippen molar-refractivity contribution in [2.45, 2.75) is 25.8 Å². The van der Waals surface area contributed by atoms with Gasteiger partial charge < -0.3 is 15.5 Å². The molecule has 0 amide bonds. The summed E-state index contributed by atoms with van der Waals surface area (Å²) in [6.45, 7) is 6.89. The number of nitrogens with zero attached hydrogens (tertiary/aromatic N) is 3. The molecule has 2 heterocycles. The molecule has 2 rings (SSSR count). The van der Waals surface area contributed by atoms with Crippen LogP contribution in [0.2, 0.25) is 0 Å². The predicted molar refractivity (Wildman–Crippen MR) is 75.5 cm³/mol. The molecule has 1 aliphatic rings. The Morgan fingerprint density at radius 3 is 2.89 bits per heavy atom. The van der Waals surface area contributed by atoms with Crippen LogP contribution < -0.4 is 5.73 Å². The summed E-state index contributed by atoms with van der Waals surface area (Å²) in [5, 5.41) is 0. The zero-order valence-corrected chi connectivity index (χ0v) is 11.5. The first kappa shape index (κ1) is 13.3. The molecule has 2 N–H and O–H groups in total. The van der Waals surface area contributed by atoms with Crippen LogP contribution in [-0.4, -0.2) is 54.1 Å². The smallest absolute Gasteiger partial charge is 0.0501 e. The van der Waals surface area contributed by atoms with Gasteiger partial charge in [0.1, 0.15) is 0 Å². The van der Waals surface area contributed by atoms with Gasteiger partial charge in [0, 0.05) is 44.3 Å². The largest absolute Gasteiger partial charge is 0.397 e. The molecular weight excluding hydrogens is 224 g/mol. The van der Waals surface area contributed by atoms with Crippen LogP contribution in [0.3, 0.4) is 0 Å². The molecule has 100 valence electrons. The molecule has 1 fully saturated rings. The summed E-state index contributed by atoms with van der Waals surface area (Å²) < 4.78 is 0. The minimum Gasteiger partial charge on any atom is -0.397 e. The van der Waals surface area contributed by atoms with Crippen molar-refractivity contribution >= 4 is 5.69 Å². The van der Waals surface area contributed by atoms with Crippen LogP contribution in [0.5, 0.6) is 0 Å². The second-order valence-electron chi connectivity index (χ2n) is 5.18. The van der Waals surface area contributed by atoms with Crippen molar-refractivity contribution < 1.29 is 0 Å². The number of hydrogen-bond acceptors (Lipinski definition) is 4. The molecule has 1 aromatic rings. The lowest BCUT2D eigenvalue weighted by Gasteiger charge is -2.39. The second kappa shape index (κ2) is 6.16. The number of nitrogens with two attached hydrogens (primary N) is 1. The van der Waals surface area contributed by atoms with Crippen LogP contribution in [0.4, 0.5) is 5.69 Å². The molecule has 18 heavy (non-hydrogen) atoms. The van der Waals surface area contributed by atoms with Gasteiger partial charge in [-0.15, -0.1) is 0 Å². The number of anilines is 1. The molecule has 1 unspecified atom stereocenters. The van der Waals surface area contributed by atoms with E-state index in [9.17, 15) is 0 Å². The van der Waals surface area contributed by atoms with Crippen LogP contribution in [0, 0.1) is 0 Å². The Hall–Kier alpha value is -1.13. The van der Waals surface area contributed by atoms with E-state index in [2.05, 4.69) is 28.8 Å². The van der Waals surface area contributed by atoms with E-state index in [4.69, 9.17) is 5.73 Å². The van der Waals surface area contributed by atoms with Crippen LogP contribution in [0.15, 0.2) is 18.3 Å². The zero-order chi connectivity index (χ0) is 13.0. The summed E-state index contributed by atoms with van der Waals surface area (Å²) in [5.41, 5.74) is 7.51. The number of likely N-dealkylation sites (N-methyl/N-ethyl adjacent to an activating group) is 1. The maximum atomic E-state index is 5.64. The van der Waals surface area contributed by atoms with E-state index in [1.807, 2.05) is 12.1 Å². The lowest BCUT2D eigenvalue weighted by Crippen LogP contribution is -2.51. The van der Waals surface area contributed by atoms with Crippen molar-refractivity contribution in [2.24, 2.45) is 0 Å². The van der Waals surface area contributed by atoms with Crippen molar-refractivity contribution in [3.8, 4) is 0 Å². The monoisotopic (exact) mass is 248 g/mol. The summed E-state index contributed by atoms with van der Waals surface area (Å²) in [6.07, 6.45) is 3.99. The lowest BCUT2D eigenvalue weighted by molar-refractivity contribution is 0.0940. The molecule has 4 heteroatoms. The van der Waals surface area contributed by atoms with Crippen molar-refractivity contribution in [2.75, 3.05) is 39.0 Å². The van der Waals surface area contributed by atoms with Crippen LogP contribution in [0.25, 0.3) is 0 Å². The van der Waals surface area contributed by atoms with Crippen molar-refractivity contribution in [1.29, 1.82) is 0 Å². The quantitative estimate of drug-likeness (QED) is 0.870. The fourth-order valence-corrected chi connectivity index (χ4v) is 2.51. The van der Waals surface area contributed by atoms with Gasteiger partial charge in [-0.1, -0.05) is 6.92 Å². The molecule has 0 radical (unpaired) electrons. The van der Waals surface area contributed by atoms with E-state index in [0.717, 1.165) is 24.3 Å². The highest BCUT2D eigenvalue weighted by molar-refractivity contribution is 5.34. The molecule has 1 saturated heterocycles. The lowest BCUT2D eigenvalue weighted by atomic mass is 10.1. The van der Waals surface area contributed by atoms with Gasteiger partial charge in [0.05, 0.1) is 11.9 Å². The standard InChI is InChI=1S/C14H24N4/c1-3-14-11-18(9-8-17(14)2)7-6-13-5-4-12(15)10-16-13/h4-5,10,14H,3,6-9,11,15H2,1-2H3. The van der Waals surface area contributed by atoms with Crippen LogP contribution >= 0.6 is 0 Å². The van der Waals surface area contributed by atoms with E-state index >= 15 is 0 Å². The van der Waals surface area contributed by atoms with Crippen LogP contribution in [-0.2, 0) is 6.42 Å². The number of piperazine rings is 1. The molecule has 0 aromatic carbocycles. The van der Waals surface area contributed by atoms with Gasteiger partial charge in [0.2, 0.25) is 0 Å². The van der Waals surface area contributed by atoms with E-state index in [1.54, 1.807) is 6.20 Å². The maximum Gasteiger partial charge on any atom is 0.0501 e. The summed E-state index contributed by atoms with van der Waals surface area (Å²) in [7, 11) is 2.23. The first-order valence-electron chi connectivity index (χ1n) is 6.82. The fourth-order valence-electron chi connectivity index (χ4n) is 2.51. The molecule has 1 aliphatic heterocycles. The van der Waals surface area contributed by atoms with Gasteiger partial charge in [-0.3, -0.25) is 4.98 Å². The van der Waals surface area contributed by atoms with Crippen LogP contribution in [0.1, 0.15) is 19.0 Å². The Morgan fingerprint density at radius 1 is 1.39 bits per heavy atom. The normalized spacial score (nSPS) is 22.2. The van der Waals surface area contributed by atoms with Gasteiger partial charge in [0.25, 0.3) is 0 Å². The third-order valence-electron chi connectivity index (χ3n) is 3.86. The number of hydrogen-bond donors (Lipinski definition) is 1. The predicted octanol–water partition coefficient (Wildman–Crippen LogP) is 1.23. The highest BCUT2D eigenvalue weighted by Crippen LogP contribution is 2.11. The summed E-state index contributed by atoms with van der Waals surface area (Å²) >= 11 is 0. The van der Waals surface area contributed by atoms with E-state index in [0.29, 0.717) is 6.04 Å². The third-order valence-corrected chi connectivity index (χ3v) is 3.86. The summed E-state index contributed by atoms with van der Waals surface area (Å²) in [4.78, 5) is 9.37. The Kier molecular flexibility index (Phi) is 4.55. The molecule has 0 spiro atoms. The summed E-state index contributed by atoms with van der Waals surface area (Å²) in [6, 6.07) is 4.67. The topological polar surface area (TPSA) is 45.4 Å². The number of rotatable bonds is 4.